The first kappa shape index (κ1) is 18.5. The minimum Gasteiger partial charge on any atom is -0.462 e. The fourth-order valence-corrected chi connectivity index (χ4v) is 2.92. The highest BCUT2D eigenvalue weighted by Gasteiger charge is 2.10. The quantitative estimate of drug-likeness (QED) is 0.460. The Balaban J connectivity index is 1.63. The molecule has 2 rings (SSSR count). The van der Waals surface area contributed by atoms with Gasteiger partial charge in [-0.3, -0.25) is 0 Å². The van der Waals surface area contributed by atoms with Crippen molar-refractivity contribution in [3.05, 3.63) is 48.0 Å². The standard InChI is InChI=1S/C21H28O3/c22-16-9-5-3-1-2-4-6-10-17-24-21(23)20-15-11-13-18-12-7-8-14-19(18)20/h7-8,11-15,22H,1-6,9-10,16-17H2. The lowest BCUT2D eigenvalue weighted by atomic mass is 10.0. The zero-order valence-corrected chi connectivity index (χ0v) is 14.4. The van der Waals surface area contributed by atoms with Gasteiger partial charge >= 0.3 is 5.97 Å². The summed E-state index contributed by atoms with van der Waals surface area (Å²) in [6.45, 7) is 0.800. The number of esters is 1. The highest BCUT2D eigenvalue weighted by atomic mass is 16.5. The smallest absolute Gasteiger partial charge is 0.338 e. The number of ether oxygens (including phenoxy) is 1. The second kappa shape index (κ2) is 10.8. The van der Waals surface area contributed by atoms with Gasteiger partial charge in [-0.25, -0.2) is 4.79 Å². The second-order valence-electron chi connectivity index (χ2n) is 6.21. The van der Waals surface area contributed by atoms with Crippen LogP contribution in [0.2, 0.25) is 0 Å². The molecule has 0 spiro atoms. The predicted molar refractivity (Wildman–Crippen MR) is 98.3 cm³/mol. The van der Waals surface area contributed by atoms with Crippen molar-refractivity contribution in [2.45, 2.75) is 51.4 Å². The summed E-state index contributed by atoms with van der Waals surface area (Å²) >= 11 is 0. The Labute approximate surface area is 144 Å². The van der Waals surface area contributed by atoms with E-state index in [-0.39, 0.29) is 5.97 Å². The number of aliphatic hydroxyl groups is 1. The number of rotatable bonds is 11. The van der Waals surface area contributed by atoms with Gasteiger partial charge in [0.05, 0.1) is 12.2 Å². The first-order valence-corrected chi connectivity index (χ1v) is 9.08. The second-order valence-corrected chi connectivity index (χ2v) is 6.21. The number of hydrogen-bond acceptors (Lipinski definition) is 3. The van der Waals surface area contributed by atoms with Gasteiger partial charge in [-0.05, 0) is 29.7 Å². The summed E-state index contributed by atoms with van der Waals surface area (Å²) in [4.78, 5) is 12.3. The third-order valence-corrected chi connectivity index (χ3v) is 4.30. The molecule has 0 saturated heterocycles. The van der Waals surface area contributed by atoms with Gasteiger partial charge < -0.3 is 9.84 Å². The molecule has 0 saturated carbocycles. The van der Waals surface area contributed by atoms with Crippen molar-refractivity contribution in [2.24, 2.45) is 0 Å². The van der Waals surface area contributed by atoms with Crippen LogP contribution in [0.15, 0.2) is 42.5 Å². The topological polar surface area (TPSA) is 46.5 Å². The number of carbonyl (C=O) groups excluding carboxylic acids is 1. The molecule has 0 fully saturated rings. The summed E-state index contributed by atoms with van der Waals surface area (Å²) < 4.78 is 5.43. The van der Waals surface area contributed by atoms with Gasteiger partial charge in [-0.1, -0.05) is 74.9 Å². The number of aliphatic hydroxyl groups excluding tert-OH is 1. The largest absolute Gasteiger partial charge is 0.462 e. The van der Waals surface area contributed by atoms with Crippen molar-refractivity contribution in [1.82, 2.24) is 0 Å². The number of fused-ring (bicyclic) bond motifs is 1. The van der Waals surface area contributed by atoms with E-state index < -0.39 is 0 Å². The van der Waals surface area contributed by atoms with E-state index in [1.54, 1.807) is 0 Å². The average molecular weight is 328 g/mol. The van der Waals surface area contributed by atoms with Crippen LogP contribution < -0.4 is 0 Å². The Morgan fingerprint density at radius 3 is 2.17 bits per heavy atom. The first-order valence-electron chi connectivity index (χ1n) is 9.08. The van der Waals surface area contributed by atoms with E-state index in [9.17, 15) is 4.79 Å². The SMILES string of the molecule is O=C(OCCCCCCCCCCO)c1cccc2ccccc12. The fraction of sp³-hybridized carbons (Fsp3) is 0.476. The first-order chi connectivity index (χ1) is 11.8. The lowest BCUT2D eigenvalue weighted by Gasteiger charge is -2.07. The van der Waals surface area contributed by atoms with Crippen LogP contribution in [0.5, 0.6) is 0 Å². The van der Waals surface area contributed by atoms with Gasteiger partial charge in [-0.15, -0.1) is 0 Å². The molecule has 0 amide bonds. The van der Waals surface area contributed by atoms with Crippen molar-refractivity contribution < 1.29 is 14.6 Å². The Bertz CT molecular complexity index is 616. The summed E-state index contributed by atoms with van der Waals surface area (Å²) in [5, 5.41) is 10.7. The molecule has 1 N–H and O–H groups in total. The summed E-state index contributed by atoms with van der Waals surface area (Å²) in [6.07, 6.45) is 8.92. The molecule has 0 aliphatic rings. The molecule has 0 unspecified atom stereocenters. The molecule has 24 heavy (non-hydrogen) atoms. The molecule has 0 radical (unpaired) electrons. The van der Waals surface area contributed by atoms with Crippen LogP contribution in [0.4, 0.5) is 0 Å². The fourth-order valence-electron chi connectivity index (χ4n) is 2.92. The minimum atomic E-state index is -0.226. The minimum absolute atomic E-state index is 0.226. The third kappa shape index (κ3) is 5.97. The van der Waals surface area contributed by atoms with Gasteiger partial charge in [0, 0.05) is 6.61 Å². The maximum Gasteiger partial charge on any atom is 0.338 e. The van der Waals surface area contributed by atoms with Crippen LogP contribution in [0.25, 0.3) is 10.8 Å². The van der Waals surface area contributed by atoms with E-state index in [0.29, 0.717) is 18.8 Å². The van der Waals surface area contributed by atoms with Crippen molar-refractivity contribution in [2.75, 3.05) is 13.2 Å². The molecule has 2 aromatic carbocycles. The third-order valence-electron chi connectivity index (χ3n) is 4.30. The van der Waals surface area contributed by atoms with E-state index >= 15 is 0 Å². The number of benzene rings is 2. The Kier molecular flexibility index (Phi) is 8.33. The van der Waals surface area contributed by atoms with Gasteiger partial charge in [0.15, 0.2) is 0 Å². The van der Waals surface area contributed by atoms with Crippen LogP contribution in [0.1, 0.15) is 61.7 Å². The van der Waals surface area contributed by atoms with Crippen molar-refractivity contribution in [3.8, 4) is 0 Å². The van der Waals surface area contributed by atoms with Crippen molar-refractivity contribution >= 4 is 16.7 Å². The maximum absolute atomic E-state index is 12.3. The molecule has 3 nitrogen and oxygen atoms in total. The van der Waals surface area contributed by atoms with E-state index in [1.165, 1.54) is 25.7 Å². The van der Waals surface area contributed by atoms with Crippen LogP contribution in [-0.2, 0) is 4.74 Å². The lowest BCUT2D eigenvalue weighted by molar-refractivity contribution is 0.0500. The molecule has 0 aliphatic heterocycles. The Morgan fingerprint density at radius 2 is 1.42 bits per heavy atom. The van der Waals surface area contributed by atoms with Crippen LogP contribution in [-0.4, -0.2) is 24.3 Å². The summed E-state index contributed by atoms with van der Waals surface area (Å²) in [7, 11) is 0. The van der Waals surface area contributed by atoms with Gasteiger partial charge in [-0.2, -0.15) is 0 Å². The Hall–Kier alpha value is -1.87. The summed E-state index contributed by atoms with van der Waals surface area (Å²) in [5.41, 5.74) is 0.650. The number of hydrogen-bond donors (Lipinski definition) is 1. The normalized spacial score (nSPS) is 10.9. The molecular formula is C21H28O3. The summed E-state index contributed by atoms with van der Waals surface area (Å²) in [6, 6.07) is 13.6. The maximum atomic E-state index is 12.3. The molecular weight excluding hydrogens is 300 g/mol. The number of carbonyl (C=O) groups is 1. The van der Waals surface area contributed by atoms with Gasteiger partial charge in [0.1, 0.15) is 0 Å². The van der Waals surface area contributed by atoms with Crippen LogP contribution in [0.3, 0.4) is 0 Å². The molecule has 0 aromatic heterocycles. The van der Waals surface area contributed by atoms with E-state index in [2.05, 4.69) is 0 Å². The lowest BCUT2D eigenvalue weighted by Crippen LogP contribution is -2.07. The summed E-state index contributed by atoms with van der Waals surface area (Å²) in [5.74, 6) is -0.226. The molecule has 130 valence electrons. The molecule has 0 heterocycles. The molecule has 0 atom stereocenters. The zero-order valence-electron chi connectivity index (χ0n) is 14.4. The molecule has 0 bridgehead atoms. The van der Waals surface area contributed by atoms with Gasteiger partial charge in [0.25, 0.3) is 0 Å². The average Bonchev–Trinajstić information content (AvgIpc) is 2.62. The predicted octanol–water partition coefficient (Wildman–Crippen LogP) is 5.11. The van der Waals surface area contributed by atoms with Gasteiger partial charge in [0.2, 0.25) is 0 Å². The van der Waals surface area contributed by atoms with Crippen LogP contribution in [0, 0.1) is 0 Å². The molecule has 2 aromatic rings. The van der Waals surface area contributed by atoms with Crippen molar-refractivity contribution in [3.63, 3.8) is 0 Å². The highest BCUT2D eigenvalue weighted by Crippen LogP contribution is 2.19. The highest BCUT2D eigenvalue weighted by molar-refractivity contribution is 6.04. The van der Waals surface area contributed by atoms with E-state index in [1.807, 2.05) is 42.5 Å². The monoisotopic (exact) mass is 328 g/mol. The van der Waals surface area contributed by atoms with Crippen LogP contribution >= 0.6 is 0 Å². The molecule has 0 aliphatic carbocycles. The molecule has 3 heteroatoms. The zero-order chi connectivity index (χ0) is 17.0. The van der Waals surface area contributed by atoms with Crippen molar-refractivity contribution in [1.29, 1.82) is 0 Å². The van der Waals surface area contributed by atoms with E-state index in [4.69, 9.17) is 9.84 Å². The Morgan fingerprint density at radius 1 is 0.792 bits per heavy atom. The van der Waals surface area contributed by atoms with E-state index in [0.717, 1.165) is 36.5 Å². The number of unbranched alkanes of at least 4 members (excludes halogenated alkanes) is 7.